The minimum absolute atomic E-state index is 0.0835. The number of oxime groups is 1. The molecule has 4 rings (SSSR count). The zero-order valence-electron chi connectivity index (χ0n) is 17.5. The number of nitrogens with zero attached hydrogens (tertiary/aromatic N) is 2. The van der Waals surface area contributed by atoms with Gasteiger partial charge < -0.3 is 15.3 Å². The molecule has 32 heavy (non-hydrogen) atoms. The number of hydrogen-bond donors (Lipinski definition) is 3. The molecule has 1 atom stereocenters. The van der Waals surface area contributed by atoms with Crippen molar-refractivity contribution in [2.24, 2.45) is 5.16 Å². The first kappa shape index (κ1) is 23.3. The van der Waals surface area contributed by atoms with Crippen molar-refractivity contribution >= 4 is 22.6 Å². The topological polar surface area (TPSA) is 99.6 Å². The lowest BCUT2D eigenvalue weighted by Crippen LogP contribution is -2.26. The third-order valence-electron chi connectivity index (χ3n) is 5.08. The number of benzene rings is 2. The van der Waals surface area contributed by atoms with Gasteiger partial charge in [0, 0.05) is 24.9 Å². The zero-order valence-corrected chi connectivity index (χ0v) is 17.5. The van der Waals surface area contributed by atoms with Crippen LogP contribution in [0.2, 0.25) is 0 Å². The molecule has 170 valence electrons. The number of aromatic amines is 1. The van der Waals surface area contributed by atoms with Crippen LogP contribution >= 0.6 is 0 Å². The van der Waals surface area contributed by atoms with Crippen LogP contribution in [0, 0.1) is 13.8 Å². The van der Waals surface area contributed by atoms with Crippen LogP contribution in [0.1, 0.15) is 28.7 Å². The summed E-state index contributed by atoms with van der Waals surface area (Å²) in [6.45, 7) is 5.81. The molecule has 1 unspecified atom stereocenters. The molecule has 3 aromatic rings. The number of H-pyrrole nitrogens is 1. The van der Waals surface area contributed by atoms with Gasteiger partial charge in [0.15, 0.2) is 0 Å². The van der Waals surface area contributed by atoms with Crippen molar-refractivity contribution in [3.8, 4) is 0 Å². The number of nitrogens with one attached hydrogen (secondary N) is 2. The Kier molecular flexibility index (Phi) is 7.14. The van der Waals surface area contributed by atoms with Crippen LogP contribution in [0.25, 0.3) is 10.9 Å². The standard InChI is InChI=1S/C20H22N4O.C2HF3O2/c1-13-6-7-15(8-14(13)2)20-9-17(25-24-20)11-21-10-16-4-3-5-19-18(16)12-22-23-19;3-2(4,5)1(6)7/h3-8,12,17,21H,9-11H2,1-2H3,(H,22,23);(H,6,7). The van der Waals surface area contributed by atoms with E-state index in [-0.39, 0.29) is 6.10 Å². The van der Waals surface area contributed by atoms with E-state index >= 15 is 0 Å². The van der Waals surface area contributed by atoms with Crippen LogP contribution in [0.4, 0.5) is 13.2 Å². The maximum Gasteiger partial charge on any atom is 0.490 e. The van der Waals surface area contributed by atoms with Gasteiger partial charge >= 0.3 is 12.1 Å². The Labute approximate surface area is 182 Å². The number of hydrogen-bond acceptors (Lipinski definition) is 5. The van der Waals surface area contributed by atoms with E-state index in [0.29, 0.717) is 0 Å². The van der Waals surface area contributed by atoms with Crippen molar-refractivity contribution in [2.45, 2.75) is 39.1 Å². The first-order valence-electron chi connectivity index (χ1n) is 9.87. The first-order valence-corrected chi connectivity index (χ1v) is 9.87. The molecule has 0 bridgehead atoms. The third kappa shape index (κ3) is 5.85. The van der Waals surface area contributed by atoms with E-state index in [1.807, 2.05) is 18.3 Å². The largest absolute Gasteiger partial charge is 0.490 e. The van der Waals surface area contributed by atoms with E-state index in [9.17, 15) is 13.2 Å². The molecule has 0 aliphatic carbocycles. The number of carboxylic acids is 1. The lowest BCUT2D eigenvalue weighted by atomic mass is 10.0. The van der Waals surface area contributed by atoms with E-state index in [1.165, 1.54) is 16.7 Å². The highest BCUT2D eigenvalue weighted by atomic mass is 19.4. The Morgan fingerprint density at radius 2 is 2.00 bits per heavy atom. The van der Waals surface area contributed by atoms with E-state index in [0.717, 1.165) is 41.7 Å². The highest BCUT2D eigenvalue weighted by molar-refractivity contribution is 6.01. The van der Waals surface area contributed by atoms with Gasteiger partial charge in [0.1, 0.15) is 6.10 Å². The molecule has 1 aliphatic rings. The third-order valence-corrected chi connectivity index (χ3v) is 5.08. The summed E-state index contributed by atoms with van der Waals surface area (Å²) in [6.07, 6.45) is -2.29. The number of halogens is 3. The Bertz CT molecular complexity index is 1130. The van der Waals surface area contributed by atoms with E-state index in [4.69, 9.17) is 14.7 Å². The number of aryl methyl sites for hydroxylation is 2. The molecular formula is C22H23F3N4O3. The summed E-state index contributed by atoms with van der Waals surface area (Å²) in [5.74, 6) is -2.76. The smallest absolute Gasteiger partial charge is 0.475 e. The minimum Gasteiger partial charge on any atom is -0.475 e. The number of alkyl halides is 3. The second-order valence-electron chi connectivity index (χ2n) is 7.45. The second kappa shape index (κ2) is 9.82. The molecule has 10 heteroatoms. The van der Waals surface area contributed by atoms with Crippen LogP contribution in [0.3, 0.4) is 0 Å². The fourth-order valence-corrected chi connectivity index (χ4v) is 3.18. The summed E-state index contributed by atoms with van der Waals surface area (Å²) in [7, 11) is 0. The number of aliphatic carboxylic acids is 1. The average molecular weight is 448 g/mol. The van der Waals surface area contributed by atoms with Crippen LogP contribution in [0.5, 0.6) is 0 Å². The van der Waals surface area contributed by atoms with Crippen molar-refractivity contribution in [2.75, 3.05) is 6.54 Å². The first-order chi connectivity index (χ1) is 15.1. The number of carbonyl (C=O) groups is 1. The van der Waals surface area contributed by atoms with Crippen molar-refractivity contribution in [3.63, 3.8) is 0 Å². The van der Waals surface area contributed by atoms with Crippen LogP contribution < -0.4 is 5.32 Å². The Balaban J connectivity index is 0.000000360. The van der Waals surface area contributed by atoms with Crippen molar-refractivity contribution in [1.29, 1.82) is 0 Å². The minimum atomic E-state index is -5.08. The molecule has 0 radical (unpaired) electrons. The molecule has 0 spiro atoms. The summed E-state index contributed by atoms with van der Waals surface area (Å²) in [5.41, 5.74) is 7.09. The normalized spacial score (nSPS) is 15.7. The molecule has 0 saturated carbocycles. The van der Waals surface area contributed by atoms with Crippen molar-refractivity contribution < 1.29 is 27.9 Å². The van der Waals surface area contributed by atoms with Gasteiger partial charge in [-0.3, -0.25) is 5.10 Å². The molecule has 2 heterocycles. The predicted molar refractivity (Wildman–Crippen MR) is 113 cm³/mol. The van der Waals surface area contributed by atoms with Gasteiger partial charge in [0.05, 0.1) is 17.4 Å². The molecule has 1 aliphatic heterocycles. The monoisotopic (exact) mass is 448 g/mol. The second-order valence-corrected chi connectivity index (χ2v) is 7.45. The molecule has 0 amide bonds. The van der Waals surface area contributed by atoms with Gasteiger partial charge in [-0.1, -0.05) is 29.4 Å². The van der Waals surface area contributed by atoms with Gasteiger partial charge in [-0.05, 0) is 48.2 Å². The van der Waals surface area contributed by atoms with Gasteiger partial charge in [0.2, 0.25) is 0 Å². The Hall–Kier alpha value is -3.40. The lowest BCUT2D eigenvalue weighted by molar-refractivity contribution is -0.192. The summed E-state index contributed by atoms with van der Waals surface area (Å²) >= 11 is 0. The molecule has 0 saturated heterocycles. The Morgan fingerprint density at radius 3 is 2.69 bits per heavy atom. The fraction of sp³-hybridized carbons (Fsp3) is 0.318. The number of fused-ring (bicyclic) bond motifs is 1. The van der Waals surface area contributed by atoms with Gasteiger partial charge in [-0.15, -0.1) is 0 Å². The van der Waals surface area contributed by atoms with Gasteiger partial charge in [-0.2, -0.15) is 18.3 Å². The number of rotatable bonds is 5. The van der Waals surface area contributed by atoms with E-state index < -0.39 is 12.1 Å². The van der Waals surface area contributed by atoms with Crippen molar-refractivity contribution in [3.05, 3.63) is 64.8 Å². The maximum absolute atomic E-state index is 10.6. The molecule has 7 nitrogen and oxygen atoms in total. The average Bonchev–Trinajstić information content (AvgIpc) is 3.40. The maximum atomic E-state index is 10.6. The number of carboxylic acid groups (broad SMARTS) is 1. The molecular weight excluding hydrogens is 425 g/mol. The summed E-state index contributed by atoms with van der Waals surface area (Å²) in [6, 6.07) is 12.7. The molecule has 0 fully saturated rings. The highest BCUT2D eigenvalue weighted by Crippen LogP contribution is 2.20. The fourth-order valence-electron chi connectivity index (χ4n) is 3.18. The quantitative estimate of drug-likeness (QED) is 0.546. The van der Waals surface area contributed by atoms with Crippen LogP contribution in [0.15, 0.2) is 47.8 Å². The molecule has 2 aromatic carbocycles. The van der Waals surface area contributed by atoms with Gasteiger partial charge in [-0.25, -0.2) is 4.79 Å². The highest BCUT2D eigenvalue weighted by Gasteiger charge is 2.38. The van der Waals surface area contributed by atoms with E-state index in [2.05, 4.69) is 58.8 Å². The number of aromatic nitrogens is 2. The van der Waals surface area contributed by atoms with Crippen LogP contribution in [-0.2, 0) is 16.2 Å². The van der Waals surface area contributed by atoms with E-state index in [1.54, 1.807) is 0 Å². The lowest BCUT2D eigenvalue weighted by Gasteiger charge is -2.10. The van der Waals surface area contributed by atoms with Crippen LogP contribution in [-0.4, -0.2) is 45.8 Å². The summed E-state index contributed by atoms with van der Waals surface area (Å²) < 4.78 is 31.7. The Morgan fingerprint density at radius 1 is 1.25 bits per heavy atom. The zero-order chi connectivity index (χ0) is 23.3. The molecule has 1 aromatic heterocycles. The van der Waals surface area contributed by atoms with Gasteiger partial charge in [0.25, 0.3) is 0 Å². The molecule has 3 N–H and O–H groups in total. The predicted octanol–water partition coefficient (Wildman–Crippen LogP) is 4.10. The van der Waals surface area contributed by atoms with Crippen molar-refractivity contribution in [1.82, 2.24) is 15.5 Å². The summed E-state index contributed by atoms with van der Waals surface area (Å²) in [5, 5.41) is 23.2. The SMILES string of the molecule is Cc1ccc(C2=NOC(CNCc3cccc4[nH]ncc34)C2)cc1C.O=C(O)C(F)(F)F. The summed E-state index contributed by atoms with van der Waals surface area (Å²) in [4.78, 5) is 14.5.